The average Bonchev–Trinajstić information content (AvgIpc) is 2.47. The Balaban J connectivity index is 3.14. The largest absolute Gasteiger partial charge is 0.453 e. The molecular formula is C16H22O3. The summed E-state index contributed by atoms with van der Waals surface area (Å²) >= 11 is 0. The minimum Gasteiger partial charge on any atom is -0.453 e. The lowest BCUT2D eigenvalue weighted by Crippen LogP contribution is -2.35. The van der Waals surface area contributed by atoms with Gasteiger partial charge in [-0.05, 0) is 31.9 Å². The van der Waals surface area contributed by atoms with E-state index in [1.54, 1.807) is 6.92 Å². The summed E-state index contributed by atoms with van der Waals surface area (Å²) < 4.78 is 5.19. The molecule has 0 N–H and O–H groups in total. The zero-order valence-corrected chi connectivity index (χ0v) is 12.5. The van der Waals surface area contributed by atoms with Gasteiger partial charge in [-0.25, -0.2) is 0 Å². The third kappa shape index (κ3) is 3.03. The molecule has 1 aliphatic rings. The second-order valence-corrected chi connectivity index (χ2v) is 5.48. The van der Waals surface area contributed by atoms with Gasteiger partial charge in [0, 0.05) is 12.3 Å². The molecule has 3 nitrogen and oxygen atoms in total. The summed E-state index contributed by atoms with van der Waals surface area (Å²) in [4.78, 5) is 23.3. The number of ether oxygens (including phenoxy) is 1. The molecule has 1 unspecified atom stereocenters. The highest BCUT2D eigenvalue weighted by molar-refractivity contribution is 6.04. The maximum absolute atomic E-state index is 12.2. The molecule has 0 saturated carbocycles. The minimum absolute atomic E-state index is 0.0991. The van der Waals surface area contributed by atoms with E-state index >= 15 is 0 Å². The Labute approximate surface area is 115 Å². The SMILES string of the molecule is CC=C(C)C=CC1=C(C)C(=O)C(OC(C)=O)C1(C)C. The van der Waals surface area contributed by atoms with Gasteiger partial charge in [0.25, 0.3) is 0 Å². The molecule has 0 aliphatic heterocycles. The quantitative estimate of drug-likeness (QED) is 0.578. The molecule has 0 amide bonds. The van der Waals surface area contributed by atoms with Crippen LogP contribution in [0.2, 0.25) is 0 Å². The van der Waals surface area contributed by atoms with E-state index < -0.39 is 17.5 Å². The van der Waals surface area contributed by atoms with Crippen molar-refractivity contribution < 1.29 is 14.3 Å². The zero-order valence-electron chi connectivity index (χ0n) is 12.5. The molecule has 0 saturated heterocycles. The average molecular weight is 262 g/mol. The molecular weight excluding hydrogens is 240 g/mol. The predicted octanol–water partition coefficient (Wildman–Crippen LogP) is 3.37. The van der Waals surface area contributed by atoms with E-state index in [0.717, 1.165) is 11.1 Å². The normalized spacial score (nSPS) is 23.4. The summed E-state index contributed by atoms with van der Waals surface area (Å²) in [6.45, 7) is 10.9. The number of Topliss-reactive ketones (excluding diaryl/α,β-unsaturated/α-hetero) is 1. The van der Waals surface area contributed by atoms with Crippen LogP contribution in [-0.2, 0) is 14.3 Å². The first kappa shape index (κ1) is 15.4. The monoisotopic (exact) mass is 262 g/mol. The van der Waals surface area contributed by atoms with E-state index in [-0.39, 0.29) is 5.78 Å². The van der Waals surface area contributed by atoms with Gasteiger partial charge in [0.15, 0.2) is 11.9 Å². The van der Waals surface area contributed by atoms with Crippen LogP contribution in [0.25, 0.3) is 0 Å². The smallest absolute Gasteiger partial charge is 0.303 e. The van der Waals surface area contributed by atoms with Gasteiger partial charge in [0.05, 0.1) is 0 Å². The summed E-state index contributed by atoms with van der Waals surface area (Å²) in [6, 6.07) is 0. The maximum Gasteiger partial charge on any atom is 0.303 e. The highest BCUT2D eigenvalue weighted by Crippen LogP contribution is 2.43. The Hall–Kier alpha value is -1.64. The van der Waals surface area contributed by atoms with Gasteiger partial charge in [-0.3, -0.25) is 9.59 Å². The van der Waals surface area contributed by atoms with E-state index in [9.17, 15) is 9.59 Å². The maximum atomic E-state index is 12.2. The lowest BCUT2D eigenvalue weighted by Gasteiger charge is -2.27. The molecule has 0 aromatic rings. The molecule has 0 fully saturated rings. The van der Waals surface area contributed by atoms with Crippen LogP contribution in [0.1, 0.15) is 41.5 Å². The molecule has 3 heteroatoms. The Morgan fingerprint density at radius 1 is 1.32 bits per heavy atom. The number of rotatable bonds is 3. The summed E-state index contributed by atoms with van der Waals surface area (Å²) in [5, 5.41) is 0. The van der Waals surface area contributed by atoms with Crippen LogP contribution >= 0.6 is 0 Å². The van der Waals surface area contributed by atoms with Crippen molar-refractivity contribution in [2.45, 2.75) is 47.6 Å². The van der Waals surface area contributed by atoms with E-state index in [0.29, 0.717) is 5.57 Å². The van der Waals surface area contributed by atoms with E-state index in [1.165, 1.54) is 6.92 Å². The zero-order chi connectivity index (χ0) is 14.8. The molecule has 0 aromatic carbocycles. The van der Waals surface area contributed by atoms with Crippen LogP contribution in [0.5, 0.6) is 0 Å². The highest BCUT2D eigenvalue weighted by Gasteiger charge is 2.47. The minimum atomic E-state index is -0.712. The molecule has 19 heavy (non-hydrogen) atoms. The van der Waals surface area contributed by atoms with Crippen LogP contribution in [0.4, 0.5) is 0 Å². The van der Waals surface area contributed by atoms with Crippen LogP contribution in [-0.4, -0.2) is 17.9 Å². The van der Waals surface area contributed by atoms with E-state index in [2.05, 4.69) is 0 Å². The van der Waals surface area contributed by atoms with Gasteiger partial charge < -0.3 is 4.74 Å². The van der Waals surface area contributed by atoms with Crippen LogP contribution in [0, 0.1) is 5.41 Å². The number of ketones is 1. The van der Waals surface area contributed by atoms with Crippen molar-refractivity contribution in [1.29, 1.82) is 0 Å². The number of carbonyl (C=O) groups is 2. The number of hydrogen-bond acceptors (Lipinski definition) is 3. The third-order valence-corrected chi connectivity index (χ3v) is 3.61. The second-order valence-electron chi connectivity index (χ2n) is 5.48. The Morgan fingerprint density at radius 2 is 1.89 bits per heavy atom. The fraction of sp³-hybridized carbons (Fsp3) is 0.500. The van der Waals surface area contributed by atoms with Crippen molar-refractivity contribution in [3.8, 4) is 0 Å². The Bertz CT molecular complexity index is 490. The fourth-order valence-electron chi connectivity index (χ4n) is 2.30. The first-order chi connectivity index (χ1) is 8.71. The number of carbonyl (C=O) groups excluding carboxylic acids is 2. The van der Waals surface area contributed by atoms with Crippen molar-refractivity contribution in [2.75, 3.05) is 0 Å². The predicted molar refractivity (Wildman–Crippen MR) is 75.6 cm³/mol. The van der Waals surface area contributed by atoms with Crippen LogP contribution in [0.3, 0.4) is 0 Å². The number of hydrogen-bond donors (Lipinski definition) is 0. The van der Waals surface area contributed by atoms with Gasteiger partial charge >= 0.3 is 5.97 Å². The van der Waals surface area contributed by atoms with E-state index in [4.69, 9.17) is 4.74 Å². The van der Waals surface area contributed by atoms with Crippen LogP contribution in [0.15, 0.2) is 34.9 Å². The van der Waals surface area contributed by atoms with Gasteiger partial charge in [0.1, 0.15) is 0 Å². The third-order valence-electron chi connectivity index (χ3n) is 3.61. The molecule has 0 aromatic heterocycles. The van der Waals surface area contributed by atoms with Crippen molar-refractivity contribution >= 4 is 11.8 Å². The van der Waals surface area contributed by atoms with E-state index in [1.807, 2.05) is 45.9 Å². The second kappa shape index (κ2) is 5.55. The van der Waals surface area contributed by atoms with Crippen molar-refractivity contribution in [1.82, 2.24) is 0 Å². The van der Waals surface area contributed by atoms with Gasteiger partial charge in [-0.2, -0.15) is 0 Å². The van der Waals surface area contributed by atoms with Crippen molar-refractivity contribution in [2.24, 2.45) is 5.41 Å². The van der Waals surface area contributed by atoms with Crippen molar-refractivity contribution in [3.05, 3.63) is 34.9 Å². The van der Waals surface area contributed by atoms with Crippen LogP contribution < -0.4 is 0 Å². The Kier molecular flexibility index (Phi) is 4.51. The van der Waals surface area contributed by atoms with Crippen molar-refractivity contribution in [3.63, 3.8) is 0 Å². The molecule has 1 rings (SSSR count). The number of esters is 1. The summed E-state index contributed by atoms with van der Waals surface area (Å²) in [7, 11) is 0. The first-order valence-electron chi connectivity index (χ1n) is 6.45. The summed E-state index contributed by atoms with van der Waals surface area (Å²) in [5.41, 5.74) is 2.25. The summed E-state index contributed by atoms with van der Waals surface area (Å²) in [5.74, 6) is -0.521. The van der Waals surface area contributed by atoms with Gasteiger partial charge in [0.2, 0.25) is 0 Å². The number of allylic oxidation sites excluding steroid dienone is 4. The molecule has 0 heterocycles. The molecule has 0 radical (unpaired) electrons. The lowest BCUT2D eigenvalue weighted by atomic mass is 9.82. The molecule has 1 aliphatic carbocycles. The van der Waals surface area contributed by atoms with Gasteiger partial charge in [-0.1, -0.05) is 37.6 Å². The standard InChI is InChI=1S/C16H22O3/c1-7-10(2)8-9-13-11(3)14(18)15(16(13,5)6)19-12(4)17/h7-9,15H,1-6H3. The molecule has 0 bridgehead atoms. The molecule has 104 valence electrons. The topological polar surface area (TPSA) is 43.4 Å². The fourth-order valence-corrected chi connectivity index (χ4v) is 2.30. The Morgan fingerprint density at radius 3 is 2.37 bits per heavy atom. The molecule has 0 spiro atoms. The lowest BCUT2D eigenvalue weighted by molar-refractivity contribution is -0.155. The highest BCUT2D eigenvalue weighted by atomic mass is 16.5. The first-order valence-corrected chi connectivity index (χ1v) is 6.45. The van der Waals surface area contributed by atoms with Gasteiger partial charge in [-0.15, -0.1) is 0 Å². The molecule has 1 atom stereocenters. The summed E-state index contributed by atoms with van der Waals surface area (Å²) in [6.07, 6.45) is 5.21.